The van der Waals surface area contributed by atoms with E-state index in [0.29, 0.717) is 17.9 Å². The third kappa shape index (κ3) is 3.95. The summed E-state index contributed by atoms with van der Waals surface area (Å²) in [5.74, 6) is 0.786. The van der Waals surface area contributed by atoms with Gasteiger partial charge in [-0.1, -0.05) is 19.1 Å². The molecule has 0 aromatic heterocycles. The van der Waals surface area contributed by atoms with E-state index >= 15 is 0 Å². The lowest BCUT2D eigenvalue weighted by Crippen LogP contribution is -1.99. The van der Waals surface area contributed by atoms with Gasteiger partial charge in [0.15, 0.2) is 11.6 Å². The van der Waals surface area contributed by atoms with Crippen LogP contribution >= 0.6 is 0 Å². The van der Waals surface area contributed by atoms with Crippen molar-refractivity contribution in [2.45, 2.75) is 26.4 Å². The number of benzene rings is 2. The van der Waals surface area contributed by atoms with Crippen LogP contribution in [0.25, 0.3) is 0 Å². The minimum Gasteiger partial charge on any atom is -0.494 e. The smallest absolute Gasteiger partial charge is 0.168 e. The number of hydrogen-bond donors (Lipinski definition) is 1. The van der Waals surface area contributed by atoms with E-state index < -0.39 is 11.9 Å². The molecule has 2 aromatic carbocycles. The first-order valence-corrected chi connectivity index (χ1v) is 6.99. The van der Waals surface area contributed by atoms with E-state index in [1.54, 1.807) is 43.3 Å². The average molecular weight is 290 g/mol. The second-order valence-electron chi connectivity index (χ2n) is 4.76. The molecule has 0 heterocycles. The van der Waals surface area contributed by atoms with Crippen molar-refractivity contribution >= 4 is 0 Å². The normalized spacial score (nSPS) is 12.0. The van der Waals surface area contributed by atoms with Gasteiger partial charge in [-0.15, -0.1) is 0 Å². The molecule has 3 nitrogen and oxygen atoms in total. The summed E-state index contributed by atoms with van der Waals surface area (Å²) in [5.41, 5.74) is 0.418. The Labute approximate surface area is 124 Å². The molecular weight excluding hydrogens is 271 g/mol. The van der Waals surface area contributed by atoms with Crippen LogP contribution in [-0.4, -0.2) is 11.7 Å². The van der Waals surface area contributed by atoms with Gasteiger partial charge in [-0.3, -0.25) is 0 Å². The van der Waals surface area contributed by atoms with Crippen molar-refractivity contribution in [1.82, 2.24) is 0 Å². The quantitative estimate of drug-likeness (QED) is 0.853. The third-order valence-corrected chi connectivity index (χ3v) is 2.96. The predicted molar refractivity (Wildman–Crippen MR) is 79.3 cm³/mol. The Hall–Kier alpha value is -2.07. The number of halogens is 1. The Bertz CT molecular complexity index is 579. The number of hydrogen-bond acceptors (Lipinski definition) is 3. The van der Waals surface area contributed by atoms with Crippen LogP contribution in [0.4, 0.5) is 4.39 Å². The van der Waals surface area contributed by atoms with E-state index in [-0.39, 0.29) is 5.75 Å². The van der Waals surface area contributed by atoms with Gasteiger partial charge < -0.3 is 14.6 Å². The second-order valence-corrected chi connectivity index (χ2v) is 4.76. The SMILES string of the molecule is CCCOc1ccc(Oc2c(F)cccc2[C@H](C)O)cc1. The van der Waals surface area contributed by atoms with Crippen LogP contribution in [0.2, 0.25) is 0 Å². The summed E-state index contributed by atoms with van der Waals surface area (Å²) in [4.78, 5) is 0. The maximum atomic E-state index is 13.9. The molecule has 0 bridgehead atoms. The maximum absolute atomic E-state index is 13.9. The first kappa shape index (κ1) is 15.3. The van der Waals surface area contributed by atoms with Gasteiger partial charge in [0, 0.05) is 5.56 Å². The van der Waals surface area contributed by atoms with Crippen LogP contribution in [0.1, 0.15) is 31.9 Å². The zero-order valence-corrected chi connectivity index (χ0v) is 12.2. The van der Waals surface area contributed by atoms with Crippen molar-refractivity contribution in [2.24, 2.45) is 0 Å². The van der Waals surface area contributed by atoms with Gasteiger partial charge >= 0.3 is 0 Å². The van der Waals surface area contributed by atoms with Gasteiger partial charge in [-0.2, -0.15) is 0 Å². The summed E-state index contributed by atoms with van der Waals surface area (Å²) in [5, 5.41) is 9.68. The van der Waals surface area contributed by atoms with Gasteiger partial charge in [-0.05, 0) is 43.7 Å². The lowest BCUT2D eigenvalue weighted by molar-refractivity contribution is 0.194. The zero-order valence-electron chi connectivity index (χ0n) is 12.2. The van der Waals surface area contributed by atoms with Gasteiger partial charge in [0.1, 0.15) is 11.5 Å². The lowest BCUT2D eigenvalue weighted by atomic mass is 10.1. The Balaban J connectivity index is 2.18. The fourth-order valence-corrected chi connectivity index (χ4v) is 1.90. The van der Waals surface area contributed by atoms with E-state index in [4.69, 9.17) is 9.47 Å². The summed E-state index contributed by atoms with van der Waals surface area (Å²) in [7, 11) is 0. The van der Waals surface area contributed by atoms with E-state index in [9.17, 15) is 9.50 Å². The molecule has 21 heavy (non-hydrogen) atoms. The number of para-hydroxylation sites is 1. The molecule has 0 saturated carbocycles. The molecule has 4 heteroatoms. The largest absolute Gasteiger partial charge is 0.494 e. The molecule has 0 fully saturated rings. The molecule has 0 aliphatic heterocycles. The second kappa shape index (κ2) is 7.09. The first-order valence-electron chi connectivity index (χ1n) is 6.99. The van der Waals surface area contributed by atoms with Crippen LogP contribution < -0.4 is 9.47 Å². The summed E-state index contributed by atoms with van der Waals surface area (Å²) in [6, 6.07) is 11.5. The van der Waals surface area contributed by atoms with Crippen molar-refractivity contribution in [3.63, 3.8) is 0 Å². The molecule has 0 saturated heterocycles. The molecule has 1 atom stereocenters. The standard InChI is InChI=1S/C17H19FO3/c1-3-11-20-13-7-9-14(10-8-13)21-17-15(12(2)19)5-4-6-16(17)18/h4-10,12,19H,3,11H2,1-2H3/t12-/m0/s1. The summed E-state index contributed by atoms with van der Waals surface area (Å²) >= 11 is 0. The number of ether oxygens (including phenoxy) is 2. The Morgan fingerprint density at radius 1 is 1.10 bits per heavy atom. The van der Waals surface area contributed by atoms with Gasteiger partial charge in [0.05, 0.1) is 12.7 Å². The summed E-state index contributed by atoms with van der Waals surface area (Å²) < 4.78 is 24.9. The topological polar surface area (TPSA) is 38.7 Å². The van der Waals surface area contributed by atoms with E-state index in [2.05, 4.69) is 0 Å². The minimum atomic E-state index is -0.803. The van der Waals surface area contributed by atoms with Gasteiger partial charge in [0.2, 0.25) is 0 Å². The fraction of sp³-hybridized carbons (Fsp3) is 0.294. The van der Waals surface area contributed by atoms with Gasteiger partial charge in [0.25, 0.3) is 0 Å². The molecule has 0 amide bonds. The highest BCUT2D eigenvalue weighted by Crippen LogP contribution is 2.32. The van der Waals surface area contributed by atoms with Crippen LogP contribution in [0.3, 0.4) is 0 Å². The Kier molecular flexibility index (Phi) is 5.17. The maximum Gasteiger partial charge on any atom is 0.168 e. The number of rotatable bonds is 6. The van der Waals surface area contributed by atoms with Crippen LogP contribution in [-0.2, 0) is 0 Å². The summed E-state index contributed by atoms with van der Waals surface area (Å²) in [6.07, 6.45) is 0.133. The molecule has 0 radical (unpaired) electrons. The Morgan fingerprint density at radius 2 is 1.76 bits per heavy atom. The molecule has 2 aromatic rings. The van der Waals surface area contributed by atoms with E-state index in [0.717, 1.165) is 12.2 Å². The van der Waals surface area contributed by atoms with Crippen molar-refractivity contribution in [1.29, 1.82) is 0 Å². The highest BCUT2D eigenvalue weighted by molar-refractivity contribution is 5.41. The molecule has 0 unspecified atom stereocenters. The molecule has 0 spiro atoms. The van der Waals surface area contributed by atoms with Crippen LogP contribution in [0, 0.1) is 5.82 Å². The van der Waals surface area contributed by atoms with E-state index in [1.165, 1.54) is 6.07 Å². The highest BCUT2D eigenvalue weighted by atomic mass is 19.1. The summed E-state index contributed by atoms with van der Waals surface area (Å²) in [6.45, 7) is 4.26. The predicted octanol–water partition coefficient (Wildman–Crippen LogP) is 4.46. The molecule has 2 rings (SSSR count). The molecule has 0 aliphatic rings. The van der Waals surface area contributed by atoms with Crippen LogP contribution in [0.15, 0.2) is 42.5 Å². The Morgan fingerprint density at radius 3 is 2.38 bits per heavy atom. The van der Waals surface area contributed by atoms with Crippen molar-refractivity contribution in [3.05, 3.63) is 53.8 Å². The third-order valence-electron chi connectivity index (χ3n) is 2.96. The molecule has 1 N–H and O–H groups in total. The van der Waals surface area contributed by atoms with Crippen LogP contribution in [0.5, 0.6) is 17.2 Å². The van der Waals surface area contributed by atoms with Crippen molar-refractivity contribution < 1.29 is 19.0 Å². The van der Waals surface area contributed by atoms with Crippen molar-refractivity contribution in [3.8, 4) is 17.2 Å². The highest BCUT2D eigenvalue weighted by Gasteiger charge is 2.14. The first-order chi connectivity index (χ1) is 10.1. The fourth-order valence-electron chi connectivity index (χ4n) is 1.90. The van der Waals surface area contributed by atoms with Crippen molar-refractivity contribution in [2.75, 3.05) is 6.61 Å². The monoisotopic (exact) mass is 290 g/mol. The zero-order chi connectivity index (χ0) is 15.2. The minimum absolute atomic E-state index is 0.0507. The van der Waals surface area contributed by atoms with E-state index in [1.807, 2.05) is 6.92 Å². The lowest BCUT2D eigenvalue weighted by Gasteiger charge is -2.14. The average Bonchev–Trinajstić information content (AvgIpc) is 2.48. The molecule has 112 valence electrons. The molecule has 0 aliphatic carbocycles. The van der Waals surface area contributed by atoms with Gasteiger partial charge in [-0.25, -0.2) is 4.39 Å². The number of aliphatic hydroxyl groups is 1. The molecular formula is C17H19FO3. The number of aliphatic hydroxyl groups excluding tert-OH is 1.